The van der Waals surface area contributed by atoms with Crippen molar-refractivity contribution in [1.82, 2.24) is 15.5 Å². The minimum Gasteiger partial charge on any atom is -0.350 e. The summed E-state index contributed by atoms with van der Waals surface area (Å²) in [4.78, 5) is 26.6. The van der Waals surface area contributed by atoms with Gasteiger partial charge in [-0.2, -0.15) is 0 Å². The van der Waals surface area contributed by atoms with Crippen molar-refractivity contribution in [2.45, 2.75) is 57.8 Å². The van der Waals surface area contributed by atoms with Crippen molar-refractivity contribution in [2.75, 3.05) is 19.6 Å². The van der Waals surface area contributed by atoms with E-state index in [1.807, 2.05) is 27.7 Å². The van der Waals surface area contributed by atoms with Crippen LogP contribution >= 0.6 is 23.2 Å². The summed E-state index contributed by atoms with van der Waals surface area (Å²) >= 11 is 11.9. The number of hydrogen-bond donors (Lipinski definition) is 2. The van der Waals surface area contributed by atoms with Crippen LogP contribution in [-0.2, 0) is 4.79 Å². The number of halogens is 3. The Morgan fingerprint density at radius 2 is 1.86 bits per heavy atom. The molecule has 0 aliphatic carbocycles. The molecule has 28 heavy (non-hydrogen) atoms. The second-order valence-corrected chi connectivity index (χ2v) is 9.25. The summed E-state index contributed by atoms with van der Waals surface area (Å²) in [5.74, 6) is -0.547. The highest BCUT2D eigenvalue weighted by Crippen LogP contribution is 2.29. The zero-order valence-electron chi connectivity index (χ0n) is 16.7. The maximum Gasteiger partial charge on any atom is 0.251 e. The van der Waals surface area contributed by atoms with Crippen LogP contribution in [0.3, 0.4) is 0 Å². The predicted molar refractivity (Wildman–Crippen MR) is 111 cm³/mol. The molecule has 2 amide bonds. The normalized spacial score (nSPS) is 23.3. The van der Waals surface area contributed by atoms with Crippen LogP contribution < -0.4 is 10.6 Å². The molecule has 2 N–H and O–H groups in total. The number of carbonyl (C=O) groups is 2. The number of alkyl halides is 1. The Bertz CT molecular complexity index is 718. The monoisotopic (exact) mass is 431 g/mol. The number of amides is 2. The van der Waals surface area contributed by atoms with Gasteiger partial charge in [0.05, 0.1) is 12.1 Å². The molecule has 0 spiro atoms. The van der Waals surface area contributed by atoms with Gasteiger partial charge in [0.25, 0.3) is 5.91 Å². The molecule has 0 radical (unpaired) electrons. The zero-order chi connectivity index (χ0) is 21.1. The Hall–Kier alpha value is -1.37. The lowest BCUT2D eigenvalue weighted by Gasteiger charge is -2.44. The molecule has 1 heterocycles. The molecule has 1 fully saturated rings. The summed E-state index contributed by atoms with van der Waals surface area (Å²) in [6, 6.07) is 4.55. The fourth-order valence-electron chi connectivity index (χ4n) is 3.42. The number of nitrogens with one attached hydrogen (secondary N) is 2. The fraction of sp³-hybridized carbons (Fsp3) is 0.600. The van der Waals surface area contributed by atoms with Gasteiger partial charge in [-0.05, 0) is 51.8 Å². The van der Waals surface area contributed by atoms with E-state index in [1.165, 1.54) is 18.2 Å². The molecule has 2 rings (SSSR count). The van der Waals surface area contributed by atoms with Gasteiger partial charge in [-0.1, -0.05) is 30.1 Å². The molecule has 1 aromatic carbocycles. The number of piperidine rings is 1. The van der Waals surface area contributed by atoms with Gasteiger partial charge < -0.3 is 10.6 Å². The molecular formula is C20H28Cl2FN3O2. The van der Waals surface area contributed by atoms with Crippen molar-refractivity contribution in [1.29, 1.82) is 0 Å². The van der Waals surface area contributed by atoms with E-state index < -0.39 is 17.6 Å². The Balaban J connectivity index is 2.04. The van der Waals surface area contributed by atoms with Crippen molar-refractivity contribution in [3.8, 4) is 0 Å². The molecule has 8 heteroatoms. The average molecular weight is 432 g/mol. The number of carbonyl (C=O) groups excluding carboxylic acids is 2. The van der Waals surface area contributed by atoms with Gasteiger partial charge in [0.15, 0.2) is 0 Å². The van der Waals surface area contributed by atoms with Gasteiger partial charge in [-0.15, -0.1) is 0 Å². The third kappa shape index (κ3) is 6.06. The van der Waals surface area contributed by atoms with Gasteiger partial charge in [0.2, 0.25) is 5.91 Å². The molecule has 1 saturated heterocycles. The first-order valence-corrected chi connectivity index (χ1v) is 10.2. The molecule has 0 bridgehead atoms. The van der Waals surface area contributed by atoms with Crippen molar-refractivity contribution >= 4 is 35.0 Å². The largest absolute Gasteiger partial charge is 0.350 e. The number of likely N-dealkylation sites (tertiary alicyclic amines) is 1. The predicted octanol–water partition coefficient (Wildman–Crippen LogP) is 3.83. The Kier molecular flexibility index (Phi) is 7.34. The average Bonchev–Trinajstić information content (AvgIpc) is 2.54. The Labute approximate surface area is 175 Å². The van der Waals surface area contributed by atoms with Gasteiger partial charge in [-0.3, -0.25) is 14.5 Å². The molecule has 2 unspecified atom stereocenters. The van der Waals surface area contributed by atoms with Crippen LogP contribution in [0, 0.1) is 0 Å². The minimum atomic E-state index is -1.30. The smallest absolute Gasteiger partial charge is 0.251 e. The SMILES string of the molecule is CCC1(NC(=O)c2cc(Cl)cc(Cl)c2)CCN(CC(=O)NC(C)(C)C)CC1F. The van der Waals surface area contributed by atoms with E-state index in [9.17, 15) is 9.59 Å². The van der Waals surface area contributed by atoms with Crippen LogP contribution in [0.15, 0.2) is 18.2 Å². The molecule has 156 valence electrons. The van der Waals surface area contributed by atoms with E-state index >= 15 is 4.39 Å². The molecule has 0 aromatic heterocycles. The van der Waals surface area contributed by atoms with Gasteiger partial charge in [0, 0.05) is 34.2 Å². The fourth-order valence-corrected chi connectivity index (χ4v) is 3.95. The van der Waals surface area contributed by atoms with Crippen molar-refractivity contribution in [3.05, 3.63) is 33.8 Å². The van der Waals surface area contributed by atoms with E-state index in [0.29, 0.717) is 35.0 Å². The van der Waals surface area contributed by atoms with Crippen LogP contribution in [0.1, 0.15) is 50.9 Å². The maximum atomic E-state index is 15.1. The second-order valence-electron chi connectivity index (χ2n) is 8.37. The van der Waals surface area contributed by atoms with Crippen LogP contribution in [-0.4, -0.2) is 53.6 Å². The third-order valence-corrected chi connectivity index (χ3v) is 5.33. The molecule has 1 aliphatic rings. The maximum absolute atomic E-state index is 15.1. The van der Waals surface area contributed by atoms with Crippen LogP contribution in [0.25, 0.3) is 0 Å². The standard InChI is InChI=1S/C20H28Cl2FN3O2/c1-5-20(25-18(28)13-8-14(21)10-15(22)9-13)6-7-26(11-16(20)23)12-17(27)24-19(2,3)4/h8-10,16H,5-7,11-12H2,1-4H3,(H,24,27)(H,25,28). The Morgan fingerprint density at radius 3 is 2.36 bits per heavy atom. The van der Waals surface area contributed by atoms with E-state index in [1.54, 1.807) is 4.90 Å². The first-order chi connectivity index (χ1) is 12.9. The topological polar surface area (TPSA) is 61.4 Å². The molecular weight excluding hydrogens is 404 g/mol. The quantitative estimate of drug-likeness (QED) is 0.744. The van der Waals surface area contributed by atoms with Crippen molar-refractivity contribution in [3.63, 3.8) is 0 Å². The molecule has 5 nitrogen and oxygen atoms in total. The summed E-state index contributed by atoms with van der Waals surface area (Å²) in [5, 5.41) is 6.43. The first-order valence-electron chi connectivity index (χ1n) is 9.40. The second kappa shape index (κ2) is 8.97. The molecule has 1 aromatic rings. The van der Waals surface area contributed by atoms with Crippen LogP contribution in [0.5, 0.6) is 0 Å². The minimum absolute atomic E-state index is 0.0853. The van der Waals surface area contributed by atoms with Gasteiger partial charge in [-0.25, -0.2) is 4.39 Å². The first kappa shape index (κ1) is 22.9. The number of rotatable bonds is 5. The summed E-state index contributed by atoms with van der Waals surface area (Å²) in [5.41, 5.74) is -1.02. The number of benzene rings is 1. The molecule has 1 aliphatic heterocycles. The van der Waals surface area contributed by atoms with Crippen LogP contribution in [0.2, 0.25) is 10.0 Å². The summed E-state index contributed by atoms with van der Waals surface area (Å²) in [6.07, 6.45) is -0.448. The van der Waals surface area contributed by atoms with Crippen molar-refractivity contribution in [2.24, 2.45) is 0 Å². The highest BCUT2D eigenvalue weighted by atomic mass is 35.5. The van der Waals surface area contributed by atoms with E-state index in [0.717, 1.165) is 0 Å². The highest BCUT2D eigenvalue weighted by Gasteiger charge is 2.44. The van der Waals surface area contributed by atoms with Gasteiger partial charge in [0.1, 0.15) is 6.17 Å². The van der Waals surface area contributed by atoms with Crippen LogP contribution in [0.4, 0.5) is 4.39 Å². The zero-order valence-corrected chi connectivity index (χ0v) is 18.3. The van der Waals surface area contributed by atoms with E-state index in [4.69, 9.17) is 23.2 Å². The van der Waals surface area contributed by atoms with E-state index in [-0.39, 0.29) is 24.5 Å². The Morgan fingerprint density at radius 1 is 1.25 bits per heavy atom. The third-order valence-electron chi connectivity index (χ3n) is 4.89. The van der Waals surface area contributed by atoms with Gasteiger partial charge >= 0.3 is 0 Å². The molecule has 0 saturated carbocycles. The summed E-state index contributed by atoms with van der Waals surface area (Å²) in [7, 11) is 0. The lowest BCUT2D eigenvalue weighted by atomic mass is 9.83. The summed E-state index contributed by atoms with van der Waals surface area (Å²) in [6.45, 7) is 8.29. The highest BCUT2D eigenvalue weighted by molar-refractivity contribution is 6.35. The number of hydrogen-bond acceptors (Lipinski definition) is 3. The van der Waals surface area contributed by atoms with Crippen molar-refractivity contribution < 1.29 is 14.0 Å². The summed E-state index contributed by atoms with van der Waals surface area (Å²) < 4.78 is 15.1. The number of nitrogens with zero attached hydrogens (tertiary/aromatic N) is 1. The molecule has 2 atom stereocenters. The lowest BCUT2D eigenvalue weighted by molar-refractivity contribution is -0.124. The van der Waals surface area contributed by atoms with E-state index in [2.05, 4.69) is 10.6 Å². The lowest BCUT2D eigenvalue weighted by Crippen LogP contribution is -2.63.